The van der Waals surface area contributed by atoms with E-state index in [-0.39, 0.29) is 39.6 Å². The molecule has 1 aliphatic rings. The van der Waals surface area contributed by atoms with Gasteiger partial charge < -0.3 is 19.7 Å². The van der Waals surface area contributed by atoms with Crippen molar-refractivity contribution in [2.24, 2.45) is 5.92 Å². The highest BCUT2D eigenvalue weighted by atomic mass is 32.2. The summed E-state index contributed by atoms with van der Waals surface area (Å²) < 4.78 is 34.0. The smallest absolute Gasteiger partial charge is 0.272 e. The molecule has 44 heavy (non-hydrogen) atoms. The number of sulfone groups is 1. The van der Waals surface area contributed by atoms with Crippen LogP contribution in [0.5, 0.6) is 17.4 Å². The van der Waals surface area contributed by atoms with E-state index in [0.29, 0.717) is 48.7 Å². The number of piperidine rings is 1. The number of Topliss-reactive ketones (excluding diaryl/α,β-unsaturated/α-hetero) is 1. The maximum Gasteiger partial charge on any atom is 0.272 e. The van der Waals surface area contributed by atoms with E-state index in [1.54, 1.807) is 48.4 Å². The van der Waals surface area contributed by atoms with Crippen molar-refractivity contribution in [3.05, 3.63) is 102 Å². The molecule has 0 bridgehead atoms. The number of carbonyl (C=O) groups excluding carboxylic acids is 3. The predicted molar refractivity (Wildman–Crippen MR) is 162 cm³/mol. The first-order valence-corrected chi connectivity index (χ1v) is 15.7. The van der Waals surface area contributed by atoms with Gasteiger partial charge >= 0.3 is 0 Å². The summed E-state index contributed by atoms with van der Waals surface area (Å²) in [6.45, 7) is 0.877. The zero-order valence-corrected chi connectivity index (χ0v) is 24.9. The average molecular weight is 615 g/mol. The molecule has 0 atom stereocenters. The number of nitrogens with zero attached hydrogens (tertiary/aromatic N) is 3. The first-order chi connectivity index (χ1) is 21.1. The molecule has 1 fully saturated rings. The van der Waals surface area contributed by atoms with Gasteiger partial charge in [0, 0.05) is 43.1 Å². The molecule has 3 heterocycles. The van der Waals surface area contributed by atoms with E-state index in [1.807, 2.05) is 0 Å². The van der Waals surface area contributed by atoms with E-state index in [1.165, 1.54) is 48.8 Å². The predicted octanol–water partition coefficient (Wildman–Crippen LogP) is 4.67. The molecule has 4 aromatic rings. The molecule has 11 nitrogen and oxygen atoms in total. The lowest BCUT2D eigenvalue weighted by molar-refractivity contribution is 0.0645. The number of amides is 2. The van der Waals surface area contributed by atoms with Gasteiger partial charge in [-0.05, 0) is 79.6 Å². The highest BCUT2D eigenvalue weighted by Crippen LogP contribution is 2.25. The van der Waals surface area contributed by atoms with Crippen molar-refractivity contribution < 1.29 is 32.3 Å². The van der Waals surface area contributed by atoms with Gasteiger partial charge in [0.05, 0.1) is 29.5 Å². The van der Waals surface area contributed by atoms with Gasteiger partial charge in [0.15, 0.2) is 15.6 Å². The second-order valence-electron chi connectivity index (χ2n) is 10.3. The molecule has 2 aromatic heterocycles. The third-order valence-corrected chi connectivity index (χ3v) is 8.37. The number of ketones is 1. The minimum atomic E-state index is -3.31. The number of rotatable bonds is 9. The Labute approximate surface area is 254 Å². The minimum absolute atomic E-state index is 0.0619. The number of methoxy groups -OCH3 is 1. The van der Waals surface area contributed by atoms with Crippen LogP contribution in [0.1, 0.15) is 44.0 Å². The fourth-order valence-electron chi connectivity index (χ4n) is 4.75. The molecular weight excluding hydrogens is 584 g/mol. The van der Waals surface area contributed by atoms with Crippen LogP contribution in [0, 0.1) is 5.92 Å². The van der Waals surface area contributed by atoms with Crippen molar-refractivity contribution in [2.75, 3.05) is 31.8 Å². The van der Waals surface area contributed by atoms with Crippen molar-refractivity contribution in [1.82, 2.24) is 14.9 Å². The van der Waals surface area contributed by atoms with Crippen LogP contribution in [0.3, 0.4) is 0 Å². The number of hydrogen-bond donors (Lipinski definition) is 1. The monoisotopic (exact) mass is 614 g/mol. The van der Waals surface area contributed by atoms with E-state index < -0.39 is 15.7 Å². The normalized spacial score (nSPS) is 13.6. The second kappa shape index (κ2) is 13.0. The van der Waals surface area contributed by atoms with Gasteiger partial charge in [0.1, 0.15) is 17.2 Å². The summed E-state index contributed by atoms with van der Waals surface area (Å²) in [6, 6.07) is 19.2. The number of nitrogens with one attached hydrogen (secondary N) is 1. The van der Waals surface area contributed by atoms with E-state index >= 15 is 0 Å². The fourth-order valence-corrected chi connectivity index (χ4v) is 5.38. The van der Waals surface area contributed by atoms with Crippen LogP contribution in [0.4, 0.5) is 5.69 Å². The van der Waals surface area contributed by atoms with Crippen molar-refractivity contribution >= 4 is 33.1 Å². The Hall–Kier alpha value is -5.10. The van der Waals surface area contributed by atoms with Crippen molar-refractivity contribution in [2.45, 2.75) is 17.7 Å². The number of anilines is 1. The molecule has 0 saturated carbocycles. The standard InChI is InChI=1S/C32H30N4O7S/c1-42-25-7-3-21(4-8-25)30(37)22-15-17-36(18-16-22)32(39)28-13-5-23(19-33-28)31(38)35-24-6-14-29(34-20-24)43-26-9-11-27(12-10-26)44(2,40)41/h3-14,19-20,22H,15-18H2,1-2H3,(H,35,38). The quantitative estimate of drug-likeness (QED) is 0.266. The van der Waals surface area contributed by atoms with Crippen LogP contribution in [0.2, 0.25) is 0 Å². The third kappa shape index (κ3) is 7.27. The number of ether oxygens (including phenoxy) is 2. The molecular formula is C32H30N4O7S. The Morgan fingerprint density at radius 1 is 0.818 bits per heavy atom. The third-order valence-electron chi connectivity index (χ3n) is 7.24. The topological polar surface area (TPSA) is 145 Å². The molecule has 0 spiro atoms. The van der Waals surface area contributed by atoms with Crippen LogP contribution >= 0.6 is 0 Å². The maximum atomic E-state index is 13.0. The molecule has 0 unspecified atom stereocenters. The van der Waals surface area contributed by atoms with E-state index in [4.69, 9.17) is 9.47 Å². The summed E-state index contributed by atoms with van der Waals surface area (Å²) in [4.78, 5) is 48.9. The number of carbonyl (C=O) groups is 3. The molecule has 0 radical (unpaired) electrons. The lowest BCUT2D eigenvalue weighted by Crippen LogP contribution is -2.40. The van der Waals surface area contributed by atoms with Crippen LogP contribution in [-0.4, -0.2) is 67.3 Å². The first kappa shape index (κ1) is 30.4. The van der Waals surface area contributed by atoms with Crippen LogP contribution < -0.4 is 14.8 Å². The maximum absolute atomic E-state index is 13.0. The van der Waals surface area contributed by atoms with Gasteiger partial charge in [0.25, 0.3) is 11.8 Å². The van der Waals surface area contributed by atoms with Gasteiger partial charge in [-0.3, -0.25) is 19.4 Å². The summed E-state index contributed by atoms with van der Waals surface area (Å²) in [5.74, 6) is 0.581. The number of benzene rings is 2. The van der Waals surface area contributed by atoms with Crippen molar-refractivity contribution in [3.8, 4) is 17.4 Å². The Morgan fingerprint density at radius 3 is 2.05 bits per heavy atom. The molecule has 2 aromatic carbocycles. The van der Waals surface area contributed by atoms with E-state index in [0.717, 1.165) is 6.26 Å². The summed E-state index contributed by atoms with van der Waals surface area (Å²) in [7, 11) is -1.73. The number of aromatic nitrogens is 2. The summed E-state index contributed by atoms with van der Waals surface area (Å²) in [5.41, 5.74) is 1.53. The number of hydrogen-bond acceptors (Lipinski definition) is 9. The van der Waals surface area contributed by atoms with E-state index in [9.17, 15) is 22.8 Å². The van der Waals surface area contributed by atoms with Gasteiger partial charge in [-0.25, -0.2) is 13.4 Å². The van der Waals surface area contributed by atoms with Crippen LogP contribution in [-0.2, 0) is 9.84 Å². The minimum Gasteiger partial charge on any atom is -0.497 e. The number of likely N-dealkylation sites (tertiary alicyclic amines) is 1. The summed E-state index contributed by atoms with van der Waals surface area (Å²) >= 11 is 0. The highest BCUT2D eigenvalue weighted by Gasteiger charge is 2.29. The lowest BCUT2D eigenvalue weighted by atomic mass is 9.88. The average Bonchev–Trinajstić information content (AvgIpc) is 3.05. The molecule has 1 saturated heterocycles. The zero-order chi connectivity index (χ0) is 31.3. The molecule has 12 heteroatoms. The van der Waals surface area contributed by atoms with Crippen molar-refractivity contribution in [3.63, 3.8) is 0 Å². The largest absolute Gasteiger partial charge is 0.497 e. The molecule has 1 N–H and O–H groups in total. The van der Waals surface area contributed by atoms with Gasteiger partial charge in [-0.2, -0.15) is 0 Å². The molecule has 1 aliphatic heterocycles. The SMILES string of the molecule is COc1ccc(C(=O)C2CCN(C(=O)c3ccc(C(=O)Nc4ccc(Oc5ccc(S(C)(=O)=O)cc5)nc4)cn3)CC2)cc1. The molecule has 5 rings (SSSR count). The Balaban J connectivity index is 1.12. The van der Waals surface area contributed by atoms with Crippen molar-refractivity contribution in [1.29, 1.82) is 0 Å². The lowest BCUT2D eigenvalue weighted by Gasteiger charge is -2.31. The fraction of sp³-hybridized carbons (Fsp3) is 0.219. The Kier molecular flexibility index (Phi) is 9.00. The summed E-state index contributed by atoms with van der Waals surface area (Å²) in [5, 5.41) is 2.72. The zero-order valence-electron chi connectivity index (χ0n) is 24.1. The molecule has 0 aliphatic carbocycles. The second-order valence-corrected chi connectivity index (χ2v) is 12.3. The molecule has 226 valence electrons. The number of pyridine rings is 2. The van der Waals surface area contributed by atoms with Gasteiger partial charge in [0.2, 0.25) is 5.88 Å². The highest BCUT2D eigenvalue weighted by molar-refractivity contribution is 7.90. The Bertz CT molecular complexity index is 1750. The molecule has 2 amide bonds. The van der Waals surface area contributed by atoms with E-state index in [2.05, 4.69) is 15.3 Å². The summed E-state index contributed by atoms with van der Waals surface area (Å²) in [6.07, 6.45) is 5.01. The van der Waals surface area contributed by atoms with Crippen LogP contribution in [0.25, 0.3) is 0 Å². The van der Waals surface area contributed by atoms with Crippen LogP contribution in [0.15, 0.2) is 90.1 Å². The first-order valence-electron chi connectivity index (χ1n) is 13.8. The Morgan fingerprint density at radius 2 is 1.48 bits per heavy atom. The van der Waals surface area contributed by atoms with Gasteiger partial charge in [-0.15, -0.1) is 0 Å². The van der Waals surface area contributed by atoms with Gasteiger partial charge in [-0.1, -0.05) is 0 Å².